The molecular weight excluding hydrogens is 244 g/mol. The van der Waals surface area contributed by atoms with Gasteiger partial charge in [-0.2, -0.15) is 0 Å². The van der Waals surface area contributed by atoms with E-state index < -0.39 is 0 Å². The summed E-state index contributed by atoms with van der Waals surface area (Å²) in [6.45, 7) is 3.28. The summed E-state index contributed by atoms with van der Waals surface area (Å²) in [7, 11) is 0. The van der Waals surface area contributed by atoms with E-state index in [1.165, 1.54) is 24.1 Å². The largest absolute Gasteiger partial charge is 0.371 e. The zero-order chi connectivity index (χ0) is 13.6. The van der Waals surface area contributed by atoms with E-state index in [0.717, 1.165) is 19.6 Å². The van der Waals surface area contributed by atoms with Gasteiger partial charge in [0.1, 0.15) is 0 Å². The molecule has 2 aromatic carbocycles. The Balaban J connectivity index is 1.47. The van der Waals surface area contributed by atoms with Crippen molar-refractivity contribution in [3.8, 4) is 0 Å². The van der Waals surface area contributed by atoms with Gasteiger partial charge in [-0.15, -0.1) is 0 Å². The Bertz CT molecular complexity index is 501. The Kier molecular flexibility index (Phi) is 4.34. The third kappa shape index (κ3) is 3.40. The van der Waals surface area contributed by atoms with Gasteiger partial charge in [-0.3, -0.25) is 0 Å². The summed E-state index contributed by atoms with van der Waals surface area (Å²) in [6.07, 6.45) is 2.45. The third-order valence-electron chi connectivity index (χ3n) is 4.05. The zero-order valence-corrected chi connectivity index (χ0v) is 11.8. The van der Waals surface area contributed by atoms with Crippen LogP contribution in [0.4, 0.5) is 5.69 Å². The van der Waals surface area contributed by atoms with Crippen molar-refractivity contribution in [3.63, 3.8) is 0 Å². The van der Waals surface area contributed by atoms with E-state index in [2.05, 4.69) is 70.9 Å². The molecule has 0 amide bonds. The van der Waals surface area contributed by atoms with E-state index >= 15 is 0 Å². The molecule has 1 aliphatic rings. The lowest BCUT2D eigenvalue weighted by atomic mass is 10.0. The molecule has 1 N–H and O–H groups in total. The molecule has 2 nitrogen and oxygen atoms in total. The molecule has 0 atom stereocenters. The highest BCUT2D eigenvalue weighted by Gasteiger charge is 2.18. The molecule has 20 heavy (non-hydrogen) atoms. The first-order valence-electron chi connectivity index (χ1n) is 7.49. The lowest BCUT2D eigenvalue weighted by Crippen LogP contribution is -2.42. The molecule has 2 aromatic rings. The minimum Gasteiger partial charge on any atom is -0.371 e. The number of nitrogens with one attached hydrogen (secondary N) is 1. The van der Waals surface area contributed by atoms with Crippen molar-refractivity contribution < 1.29 is 0 Å². The number of benzene rings is 2. The van der Waals surface area contributed by atoms with Crippen LogP contribution in [0, 0.1) is 0 Å². The molecule has 0 spiro atoms. The normalized spacial score (nSPS) is 16.3. The molecule has 1 saturated heterocycles. The first-order chi connectivity index (χ1) is 9.92. The number of nitrogens with zero attached hydrogens (tertiary/aromatic N) is 1. The summed E-state index contributed by atoms with van der Waals surface area (Å²) in [6, 6.07) is 22.0. The van der Waals surface area contributed by atoms with Crippen molar-refractivity contribution in [3.05, 3.63) is 66.2 Å². The summed E-state index contributed by atoms with van der Waals surface area (Å²) in [5, 5.41) is 3.68. The Morgan fingerprint density at radius 1 is 0.850 bits per heavy atom. The topological polar surface area (TPSA) is 15.3 Å². The monoisotopic (exact) mass is 266 g/mol. The van der Waals surface area contributed by atoms with Gasteiger partial charge in [-0.05, 0) is 30.5 Å². The van der Waals surface area contributed by atoms with Gasteiger partial charge < -0.3 is 10.2 Å². The van der Waals surface area contributed by atoms with E-state index in [1.54, 1.807) is 0 Å². The molecule has 2 heteroatoms. The maximum absolute atomic E-state index is 3.68. The Morgan fingerprint density at radius 3 is 2.10 bits per heavy atom. The Labute approximate surface area is 121 Å². The summed E-state index contributed by atoms with van der Waals surface area (Å²) in [5.74, 6) is 0. The fraction of sp³-hybridized carbons (Fsp3) is 0.333. The Morgan fingerprint density at radius 2 is 1.45 bits per heavy atom. The predicted octanol–water partition coefficient (Wildman–Crippen LogP) is 3.45. The van der Waals surface area contributed by atoms with Gasteiger partial charge in [-0.1, -0.05) is 48.5 Å². The molecule has 0 saturated carbocycles. The molecule has 104 valence electrons. The number of hydrogen-bond acceptors (Lipinski definition) is 2. The summed E-state index contributed by atoms with van der Waals surface area (Å²) < 4.78 is 0. The van der Waals surface area contributed by atoms with Crippen molar-refractivity contribution in [1.82, 2.24) is 5.32 Å². The van der Waals surface area contributed by atoms with Gasteiger partial charge in [0.2, 0.25) is 0 Å². The van der Waals surface area contributed by atoms with E-state index in [1.807, 2.05) is 0 Å². The second-order valence-electron chi connectivity index (χ2n) is 5.46. The van der Waals surface area contributed by atoms with Gasteiger partial charge in [0.25, 0.3) is 0 Å². The maximum atomic E-state index is 3.68. The van der Waals surface area contributed by atoms with Gasteiger partial charge >= 0.3 is 0 Å². The van der Waals surface area contributed by atoms with Crippen LogP contribution in [-0.4, -0.2) is 19.1 Å². The average molecular weight is 266 g/mol. The van der Waals surface area contributed by atoms with Crippen molar-refractivity contribution >= 4 is 5.69 Å². The van der Waals surface area contributed by atoms with Crippen molar-refractivity contribution in [2.75, 3.05) is 18.0 Å². The van der Waals surface area contributed by atoms with Gasteiger partial charge in [0.05, 0.1) is 0 Å². The van der Waals surface area contributed by atoms with Crippen LogP contribution >= 0.6 is 0 Å². The average Bonchev–Trinajstić information content (AvgIpc) is 2.55. The Hall–Kier alpha value is -1.80. The molecule has 0 unspecified atom stereocenters. The van der Waals surface area contributed by atoms with E-state index in [9.17, 15) is 0 Å². The second kappa shape index (κ2) is 6.58. The maximum Gasteiger partial charge on any atom is 0.0366 e. The van der Waals surface area contributed by atoms with Crippen LogP contribution in [0.25, 0.3) is 0 Å². The predicted molar refractivity (Wildman–Crippen MR) is 85.0 cm³/mol. The molecule has 0 aromatic heterocycles. The number of hydrogen-bond donors (Lipinski definition) is 1. The van der Waals surface area contributed by atoms with Crippen LogP contribution in [0.3, 0.4) is 0 Å². The molecule has 1 heterocycles. The minimum absolute atomic E-state index is 0.648. The summed E-state index contributed by atoms with van der Waals surface area (Å²) in [4.78, 5) is 2.49. The SMILES string of the molecule is c1ccc(CNC2CCN(c3ccccc3)CC2)cc1. The minimum atomic E-state index is 0.648. The smallest absolute Gasteiger partial charge is 0.0366 e. The highest BCUT2D eigenvalue weighted by Crippen LogP contribution is 2.19. The van der Waals surface area contributed by atoms with Crippen LogP contribution in [0.2, 0.25) is 0 Å². The molecule has 0 aliphatic carbocycles. The summed E-state index contributed by atoms with van der Waals surface area (Å²) in [5.41, 5.74) is 2.73. The molecule has 1 fully saturated rings. The highest BCUT2D eigenvalue weighted by molar-refractivity contribution is 5.46. The van der Waals surface area contributed by atoms with E-state index in [4.69, 9.17) is 0 Å². The van der Waals surface area contributed by atoms with Crippen molar-refractivity contribution in [1.29, 1.82) is 0 Å². The standard InChI is InChI=1S/C18H22N2/c1-3-7-16(8-4-1)15-19-17-11-13-20(14-12-17)18-9-5-2-6-10-18/h1-10,17,19H,11-15H2. The number of para-hydroxylation sites is 1. The molecular formula is C18H22N2. The third-order valence-corrected chi connectivity index (χ3v) is 4.05. The molecule has 3 rings (SSSR count). The van der Waals surface area contributed by atoms with E-state index in [-0.39, 0.29) is 0 Å². The van der Waals surface area contributed by atoms with Crippen LogP contribution in [0.5, 0.6) is 0 Å². The van der Waals surface area contributed by atoms with Crippen LogP contribution < -0.4 is 10.2 Å². The summed E-state index contributed by atoms with van der Waals surface area (Å²) >= 11 is 0. The molecule has 1 aliphatic heterocycles. The lowest BCUT2D eigenvalue weighted by Gasteiger charge is -2.34. The first kappa shape index (κ1) is 13.2. The van der Waals surface area contributed by atoms with Crippen LogP contribution in [0.1, 0.15) is 18.4 Å². The molecule has 0 bridgehead atoms. The van der Waals surface area contributed by atoms with Gasteiger partial charge in [0, 0.05) is 31.4 Å². The number of piperidine rings is 1. The fourth-order valence-corrected chi connectivity index (χ4v) is 2.84. The van der Waals surface area contributed by atoms with Crippen LogP contribution in [0.15, 0.2) is 60.7 Å². The lowest BCUT2D eigenvalue weighted by molar-refractivity contribution is 0.414. The number of anilines is 1. The number of rotatable bonds is 4. The quantitative estimate of drug-likeness (QED) is 0.912. The second-order valence-corrected chi connectivity index (χ2v) is 5.46. The van der Waals surface area contributed by atoms with Crippen molar-refractivity contribution in [2.45, 2.75) is 25.4 Å². The first-order valence-corrected chi connectivity index (χ1v) is 7.49. The van der Waals surface area contributed by atoms with Crippen molar-refractivity contribution in [2.24, 2.45) is 0 Å². The van der Waals surface area contributed by atoms with Gasteiger partial charge in [0.15, 0.2) is 0 Å². The van der Waals surface area contributed by atoms with Gasteiger partial charge in [-0.25, -0.2) is 0 Å². The highest BCUT2D eigenvalue weighted by atomic mass is 15.1. The fourth-order valence-electron chi connectivity index (χ4n) is 2.84. The molecule has 0 radical (unpaired) electrons. The van der Waals surface area contributed by atoms with Crippen LogP contribution in [-0.2, 0) is 6.54 Å². The van der Waals surface area contributed by atoms with E-state index in [0.29, 0.717) is 6.04 Å². The zero-order valence-electron chi connectivity index (χ0n) is 11.8.